The highest BCUT2D eigenvalue weighted by molar-refractivity contribution is 5.89. The van der Waals surface area contributed by atoms with E-state index in [0.717, 1.165) is 12.4 Å². The number of H-pyrrole nitrogens is 1. The summed E-state index contributed by atoms with van der Waals surface area (Å²) in [5.74, 6) is 2.13. The summed E-state index contributed by atoms with van der Waals surface area (Å²) in [7, 11) is 0. The molecule has 1 aliphatic rings. The molecule has 1 fully saturated rings. The van der Waals surface area contributed by atoms with Crippen molar-refractivity contribution in [3.8, 4) is 5.75 Å². The average Bonchev–Trinajstić information content (AvgIpc) is 3.17. The van der Waals surface area contributed by atoms with Gasteiger partial charge in [-0.2, -0.15) is 5.10 Å². The molecule has 3 rings (SSSR count). The number of carbonyl (C=O) groups excluding carboxylic acids is 1. The molecule has 3 N–H and O–H groups in total. The number of nitrogens with one attached hydrogen (secondary N) is 3. The molecule has 1 aromatic heterocycles. The molecule has 0 saturated heterocycles. The zero-order chi connectivity index (χ0) is 17.5. The highest BCUT2D eigenvalue weighted by Gasteiger charge is 2.14. The molecule has 2 amide bonds. The fourth-order valence-electron chi connectivity index (χ4n) is 3.06. The third-order valence-electron chi connectivity index (χ3n) is 4.51. The summed E-state index contributed by atoms with van der Waals surface area (Å²) in [6.07, 6.45) is 7.94. The first kappa shape index (κ1) is 17.3. The van der Waals surface area contributed by atoms with Gasteiger partial charge in [0.25, 0.3) is 0 Å². The second-order valence-corrected chi connectivity index (χ2v) is 6.53. The molecular formula is C18H25N5O2. The zero-order valence-corrected chi connectivity index (χ0v) is 14.5. The summed E-state index contributed by atoms with van der Waals surface area (Å²) in [6.45, 7) is 2.62. The molecule has 7 nitrogen and oxygen atoms in total. The summed E-state index contributed by atoms with van der Waals surface area (Å²) in [6, 6.07) is 6.92. The van der Waals surface area contributed by atoms with Crippen LogP contribution in [0.25, 0.3) is 0 Å². The number of hydrogen-bond donors (Lipinski definition) is 3. The van der Waals surface area contributed by atoms with Crippen molar-refractivity contribution in [1.82, 2.24) is 20.5 Å². The predicted octanol–water partition coefficient (Wildman–Crippen LogP) is 3.65. The lowest BCUT2D eigenvalue weighted by molar-refractivity contribution is 0.209. The van der Waals surface area contributed by atoms with Crippen LogP contribution in [0.15, 0.2) is 30.6 Å². The van der Waals surface area contributed by atoms with Crippen LogP contribution in [0.3, 0.4) is 0 Å². The number of aromatic nitrogens is 3. The number of benzene rings is 1. The molecule has 1 heterocycles. The second kappa shape index (κ2) is 8.50. The molecule has 1 saturated carbocycles. The Labute approximate surface area is 147 Å². The molecule has 0 radical (unpaired) electrons. The molecule has 0 spiro atoms. The molecule has 0 unspecified atom stereocenters. The number of amides is 2. The van der Waals surface area contributed by atoms with Gasteiger partial charge >= 0.3 is 6.03 Å². The van der Waals surface area contributed by atoms with E-state index in [1.807, 2.05) is 31.2 Å². The van der Waals surface area contributed by atoms with Crippen LogP contribution in [0.4, 0.5) is 10.5 Å². The Morgan fingerprint density at radius 2 is 2.04 bits per heavy atom. The van der Waals surface area contributed by atoms with Crippen LogP contribution >= 0.6 is 0 Å². The molecule has 1 atom stereocenters. The summed E-state index contributed by atoms with van der Waals surface area (Å²) >= 11 is 0. The summed E-state index contributed by atoms with van der Waals surface area (Å²) < 4.78 is 5.87. The lowest BCUT2D eigenvalue weighted by Crippen LogP contribution is -2.31. The molecule has 0 aliphatic heterocycles. The number of rotatable bonds is 6. The maximum atomic E-state index is 12.0. The predicted molar refractivity (Wildman–Crippen MR) is 95.5 cm³/mol. The Morgan fingerprint density at radius 1 is 1.28 bits per heavy atom. The minimum absolute atomic E-state index is 0.249. The molecule has 2 aromatic rings. The van der Waals surface area contributed by atoms with Gasteiger partial charge in [0.1, 0.15) is 17.9 Å². The number of carbonyl (C=O) groups is 1. The summed E-state index contributed by atoms with van der Waals surface area (Å²) in [5.41, 5.74) is 0.715. The first-order valence-corrected chi connectivity index (χ1v) is 8.86. The van der Waals surface area contributed by atoms with Crippen molar-refractivity contribution in [3.63, 3.8) is 0 Å². The standard InChI is InChI=1S/C18H25N5O2/c1-13(17-19-12-20-23-17)21-18(24)22-15-7-9-16(10-8-15)25-11-14-5-3-2-4-6-14/h7-10,12-14H,2-6,11H2,1H3,(H,19,20,23)(H2,21,22,24)/t13-/m1/s1. The highest BCUT2D eigenvalue weighted by atomic mass is 16.5. The number of aromatic amines is 1. The number of nitrogens with zero attached hydrogens (tertiary/aromatic N) is 2. The fraction of sp³-hybridized carbons (Fsp3) is 0.500. The highest BCUT2D eigenvalue weighted by Crippen LogP contribution is 2.25. The molecule has 25 heavy (non-hydrogen) atoms. The van der Waals surface area contributed by atoms with Crippen LogP contribution in [-0.4, -0.2) is 27.8 Å². The lowest BCUT2D eigenvalue weighted by Gasteiger charge is -2.21. The van der Waals surface area contributed by atoms with Gasteiger partial charge in [-0.15, -0.1) is 0 Å². The molecule has 7 heteroatoms. The Bertz CT molecular complexity index is 651. The topological polar surface area (TPSA) is 91.9 Å². The van der Waals surface area contributed by atoms with E-state index in [4.69, 9.17) is 4.74 Å². The van der Waals surface area contributed by atoms with Gasteiger partial charge in [0.05, 0.1) is 12.6 Å². The number of urea groups is 1. The minimum atomic E-state index is -0.292. The SMILES string of the molecule is C[C@@H](NC(=O)Nc1ccc(OCC2CCCCC2)cc1)c1ncn[nH]1. The first-order valence-electron chi connectivity index (χ1n) is 8.86. The molecule has 1 aliphatic carbocycles. The van der Waals surface area contributed by atoms with Crippen molar-refractivity contribution in [3.05, 3.63) is 36.4 Å². The Hall–Kier alpha value is -2.57. The molecule has 134 valence electrons. The van der Waals surface area contributed by atoms with Gasteiger partial charge < -0.3 is 15.4 Å². The van der Waals surface area contributed by atoms with Gasteiger partial charge in [-0.3, -0.25) is 5.10 Å². The van der Waals surface area contributed by atoms with Gasteiger partial charge in [0, 0.05) is 5.69 Å². The van der Waals surface area contributed by atoms with E-state index in [0.29, 0.717) is 17.4 Å². The Kier molecular flexibility index (Phi) is 5.87. The number of anilines is 1. The van der Waals surface area contributed by atoms with Gasteiger partial charge in [-0.1, -0.05) is 19.3 Å². The lowest BCUT2D eigenvalue weighted by atomic mass is 9.90. The van der Waals surface area contributed by atoms with E-state index in [-0.39, 0.29) is 12.1 Å². The molecular weight excluding hydrogens is 318 g/mol. The smallest absolute Gasteiger partial charge is 0.319 e. The monoisotopic (exact) mass is 343 g/mol. The third-order valence-corrected chi connectivity index (χ3v) is 4.51. The maximum Gasteiger partial charge on any atom is 0.319 e. The van der Waals surface area contributed by atoms with Crippen LogP contribution in [0.2, 0.25) is 0 Å². The van der Waals surface area contributed by atoms with Crippen molar-refractivity contribution in [1.29, 1.82) is 0 Å². The number of ether oxygens (including phenoxy) is 1. The van der Waals surface area contributed by atoms with Crippen molar-refractivity contribution in [2.75, 3.05) is 11.9 Å². The molecule has 1 aromatic carbocycles. The average molecular weight is 343 g/mol. The Morgan fingerprint density at radius 3 is 2.72 bits per heavy atom. The van der Waals surface area contributed by atoms with E-state index in [1.54, 1.807) is 0 Å². The van der Waals surface area contributed by atoms with Crippen LogP contribution in [0, 0.1) is 5.92 Å². The van der Waals surface area contributed by atoms with Gasteiger partial charge in [0.15, 0.2) is 0 Å². The summed E-state index contributed by atoms with van der Waals surface area (Å²) in [5, 5.41) is 12.1. The van der Waals surface area contributed by atoms with Gasteiger partial charge in [-0.25, -0.2) is 9.78 Å². The zero-order valence-electron chi connectivity index (χ0n) is 14.5. The minimum Gasteiger partial charge on any atom is -0.493 e. The van der Waals surface area contributed by atoms with Crippen LogP contribution in [0.1, 0.15) is 50.9 Å². The van der Waals surface area contributed by atoms with Gasteiger partial charge in [0.2, 0.25) is 0 Å². The second-order valence-electron chi connectivity index (χ2n) is 6.53. The third kappa shape index (κ3) is 5.20. The van der Waals surface area contributed by atoms with E-state index in [1.165, 1.54) is 38.4 Å². The largest absolute Gasteiger partial charge is 0.493 e. The maximum absolute atomic E-state index is 12.0. The van der Waals surface area contributed by atoms with Crippen LogP contribution in [0.5, 0.6) is 5.75 Å². The van der Waals surface area contributed by atoms with E-state index in [9.17, 15) is 4.79 Å². The molecule has 0 bridgehead atoms. The quantitative estimate of drug-likeness (QED) is 0.746. The van der Waals surface area contributed by atoms with Crippen molar-refractivity contribution in [2.45, 2.75) is 45.1 Å². The van der Waals surface area contributed by atoms with E-state index < -0.39 is 0 Å². The van der Waals surface area contributed by atoms with Crippen molar-refractivity contribution >= 4 is 11.7 Å². The Balaban J connectivity index is 1.44. The summed E-state index contributed by atoms with van der Waals surface area (Å²) in [4.78, 5) is 16.0. The normalized spacial score (nSPS) is 16.2. The van der Waals surface area contributed by atoms with Crippen LogP contribution in [-0.2, 0) is 0 Å². The fourth-order valence-corrected chi connectivity index (χ4v) is 3.06. The van der Waals surface area contributed by atoms with Crippen molar-refractivity contribution < 1.29 is 9.53 Å². The van der Waals surface area contributed by atoms with E-state index in [2.05, 4.69) is 25.8 Å². The number of hydrogen-bond acceptors (Lipinski definition) is 4. The van der Waals surface area contributed by atoms with E-state index >= 15 is 0 Å². The van der Waals surface area contributed by atoms with Gasteiger partial charge in [-0.05, 0) is 49.9 Å². The van der Waals surface area contributed by atoms with Crippen molar-refractivity contribution in [2.24, 2.45) is 5.92 Å². The first-order chi connectivity index (χ1) is 12.2. The van der Waals surface area contributed by atoms with Crippen LogP contribution < -0.4 is 15.4 Å².